The van der Waals surface area contributed by atoms with E-state index in [9.17, 15) is 19.5 Å². The van der Waals surface area contributed by atoms with Gasteiger partial charge in [0, 0.05) is 18.3 Å². The molecule has 0 saturated carbocycles. The summed E-state index contributed by atoms with van der Waals surface area (Å²) in [6.07, 6.45) is 5.19. The van der Waals surface area contributed by atoms with Crippen LogP contribution in [-0.2, 0) is 20.8 Å². The molecule has 3 unspecified atom stereocenters. The van der Waals surface area contributed by atoms with Crippen molar-refractivity contribution in [2.45, 2.75) is 31.0 Å². The number of rotatable bonds is 11. The Labute approximate surface area is 149 Å². The molecule has 10 nitrogen and oxygen atoms in total. The van der Waals surface area contributed by atoms with Crippen molar-refractivity contribution in [2.24, 2.45) is 5.73 Å². The van der Waals surface area contributed by atoms with Gasteiger partial charge in [0.2, 0.25) is 11.8 Å². The molecule has 25 heavy (non-hydrogen) atoms. The molecule has 7 N–H and O–H groups in total. The lowest BCUT2D eigenvalue weighted by Crippen LogP contribution is -2.56. The van der Waals surface area contributed by atoms with Crippen LogP contribution in [0.25, 0.3) is 0 Å². The molecular formula is C14H23N5O5S. The minimum absolute atomic E-state index is 0.178. The minimum atomic E-state index is -1.28. The molecule has 1 aromatic rings. The Bertz CT molecular complexity index is 568. The summed E-state index contributed by atoms with van der Waals surface area (Å²) in [5.74, 6) is -2.05. The van der Waals surface area contributed by atoms with E-state index in [1.165, 1.54) is 24.3 Å². The number of imidazole rings is 1. The number of thioether (sulfide) groups is 1. The van der Waals surface area contributed by atoms with Crippen LogP contribution in [0.2, 0.25) is 0 Å². The number of nitrogens with two attached hydrogens (primary N) is 1. The number of carbonyl (C=O) groups is 3. The van der Waals surface area contributed by atoms with Crippen molar-refractivity contribution in [1.82, 2.24) is 20.6 Å². The molecule has 1 heterocycles. The summed E-state index contributed by atoms with van der Waals surface area (Å²) in [4.78, 5) is 41.9. The van der Waals surface area contributed by atoms with E-state index in [-0.39, 0.29) is 12.8 Å². The average molecular weight is 373 g/mol. The predicted octanol–water partition coefficient (Wildman–Crippen LogP) is -1.92. The summed E-state index contributed by atoms with van der Waals surface area (Å²) in [5.41, 5.74) is 6.41. The highest BCUT2D eigenvalue weighted by Crippen LogP contribution is 2.02. The molecule has 2 amide bonds. The second-order valence-corrected chi connectivity index (χ2v) is 6.30. The fraction of sp³-hybridized carbons (Fsp3) is 0.571. The van der Waals surface area contributed by atoms with Crippen molar-refractivity contribution in [3.05, 3.63) is 18.2 Å². The van der Waals surface area contributed by atoms with E-state index >= 15 is 0 Å². The molecule has 0 spiro atoms. The molecule has 0 fully saturated rings. The number of aromatic amines is 1. The first-order valence-electron chi connectivity index (χ1n) is 7.55. The number of nitrogens with one attached hydrogen (secondary N) is 3. The van der Waals surface area contributed by atoms with Crippen molar-refractivity contribution in [2.75, 3.05) is 18.6 Å². The van der Waals surface area contributed by atoms with Crippen molar-refractivity contribution in [3.8, 4) is 0 Å². The molecule has 140 valence electrons. The first-order valence-corrected chi connectivity index (χ1v) is 8.94. The monoisotopic (exact) mass is 373 g/mol. The number of aliphatic hydroxyl groups is 1. The van der Waals surface area contributed by atoms with Crippen LogP contribution in [0.3, 0.4) is 0 Å². The number of carboxylic acids is 1. The van der Waals surface area contributed by atoms with E-state index in [4.69, 9.17) is 10.8 Å². The zero-order valence-electron chi connectivity index (χ0n) is 13.8. The summed E-state index contributed by atoms with van der Waals surface area (Å²) in [7, 11) is 0. The molecule has 1 aromatic heterocycles. The summed E-state index contributed by atoms with van der Waals surface area (Å²) in [6, 6.07) is -3.32. The van der Waals surface area contributed by atoms with Crippen molar-refractivity contribution >= 4 is 29.5 Å². The Morgan fingerprint density at radius 3 is 2.52 bits per heavy atom. The largest absolute Gasteiger partial charge is 0.480 e. The third-order valence-corrected chi connectivity index (χ3v) is 4.02. The lowest BCUT2D eigenvalue weighted by molar-refractivity contribution is -0.142. The van der Waals surface area contributed by atoms with Crippen LogP contribution in [0.4, 0.5) is 0 Å². The smallest absolute Gasteiger partial charge is 0.326 e. The van der Waals surface area contributed by atoms with Crippen LogP contribution in [0.1, 0.15) is 12.1 Å². The van der Waals surface area contributed by atoms with Crippen LogP contribution in [0.5, 0.6) is 0 Å². The van der Waals surface area contributed by atoms with Crippen LogP contribution < -0.4 is 16.4 Å². The quantitative estimate of drug-likeness (QED) is 0.261. The molecule has 3 atom stereocenters. The van der Waals surface area contributed by atoms with Crippen molar-refractivity contribution < 1.29 is 24.6 Å². The number of aromatic nitrogens is 2. The van der Waals surface area contributed by atoms with Crippen LogP contribution in [0, 0.1) is 0 Å². The fourth-order valence-corrected chi connectivity index (χ4v) is 2.44. The van der Waals surface area contributed by atoms with Gasteiger partial charge in [-0.2, -0.15) is 11.8 Å². The molecule has 11 heteroatoms. The van der Waals surface area contributed by atoms with Gasteiger partial charge in [0.1, 0.15) is 12.1 Å². The van der Waals surface area contributed by atoms with Gasteiger partial charge in [0.05, 0.1) is 19.0 Å². The van der Waals surface area contributed by atoms with Gasteiger partial charge in [-0.05, 0) is 18.4 Å². The normalized spacial score (nSPS) is 14.4. The van der Waals surface area contributed by atoms with Gasteiger partial charge in [-0.3, -0.25) is 9.59 Å². The molecule has 0 aliphatic heterocycles. The number of H-pyrrole nitrogens is 1. The number of hydrogen-bond acceptors (Lipinski definition) is 7. The van der Waals surface area contributed by atoms with Crippen molar-refractivity contribution in [3.63, 3.8) is 0 Å². The molecule has 0 bridgehead atoms. The highest BCUT2D eigenvalue weighted by molar-refractivity contribution is 7.98. The maximum absolute atomic E-state index is 12.1. The summed E-state index contributed by atoms with van der Waals surface area (Å²) >= 11 is 1.45. The molecular weight excluding hydrogens is 350 g/mol. The Balaban J connectivity index is 2.59. The lowest BCUT2D eigenvalue weighted by Gasteiger charge is -2.21. The van der Waals surface area contributed by atoms with E-state index in [1.54, 1.807) is 0 Å². The number of carbonyl (C=O) groups excluding carboxylic acids is 2. The molecule has 0 aliphatic rings. The maximum atomic E-state index is 12.1. The second-order valence-electron chi connectivity index (χ2n) is 5.31. The topological polar surface area (TPSA) is 170 Å². The van der Waals surface area contributed by atoms with Crippen molar-refractivity contribution in [1.29, 1.82) is 0 Å². The zero-order valence-corrected chi connectivity index (χ0v) is 14.6. The van der Waals surface area contributed by atoms with E-state index in [0.29, 0.717) is 11.4 Å². The molecule has 0 saturated heterocycles. The number of aliphatic hydroxyl groups excluding tert-OH is 1. The minimum Gasteiger partial charge on any atom is -0.480 e. The van der Waals surface area contributed by atoms with Gasteiger partial charge in [-0.25, -0.2) is 9.78 Å². The van der Waals surface area contributed by atoms with E-state index in [2.05, 4.69) is 20.6 Å². The van der Waals surface area contributed by atoms with Crippen LogP contribution >= 0.6 is 11.8 Å². The molecule has 0 aromatic carbocycles. The highest BCUT2D eigenvalue weighted by Gasteiger charge is 2.27. The number of carboxylic acid groups (broad SMARTS) is 1. The standard InChI is InChI=1S/C14H23N5O5S/c1-25-3-2-10(14(23)24)18-13(22)11(6-20)19-12(21)9(15)4-8-5-16-7-17-8/h5,7,9-11,20H,2-4,6,15H2,1H3,(H,16,17)(H,18,22)(H,19,21)(H,23,24). The van der Waals surface area contributed by atoms with Gasteiger partial charge >= 0.3 is 5.97 Å². The summed E-state index contributed by atoms with van der Waals surface area (Å²) < 4.78 is 0. The third-order valence-electron chi connectivity index (χ3n) is 3.37. The number of amides is 2. The molecule has 1 rings (SSSR count). The number of aliphatic carboxylic acids is 1. The van der Waals surface area contributed by atoms with E-state index < -0.39 is 42.5 Å². The maximum Gasteiger partial charge on any atom is 0.326 e. The van der Waals surface area contributed by atoms with Gasteiger partial charge < -0.3 is 31.6 Å². The predicted molar refractivity (Wildman–Crippen MR) is 91.8 cm³/mol. The Morgan fingerprint density at radius 2 is 2.00 bits per heavy atom. The summed E-state index contributed by atoms with van der Waals surface area (Å²) in [5, 5.41) is 23.1. The Kier molecular flexibility index (Phi) is 8.95. The van der Waals surface area contributed by atoms with Gasteiger partial charge in [0.15, 0.2) is 0 Å². The fourth-order valence-electron chi connectivity index (χ4n) is 1.96. The van der Waals surface area contributed by atoms with Crippen LogP contribution in [-0.4, -0.2) is 74.7 Å². The van der Waals surface area contributed by atoms with Gasteiger partial charge in [0.25, 0.3) is 0 Å². The molecule has 0 aliphatic carbocycles. The lowest BCUT2D eigenvalue weighted by atomic mass is 10.1. The van der Waals surface area contributed by atoms with Crippen LogP contribution in [0.15, 0.2) is 12.5 Å². The van der Waals surface area contributed by atoms with Gasteiger partial charge in [-0.15, -0.1) is 0 Å². The Hall–Kier alpha value is -2.11. The van der Waals surface area contributed by atoms with E-state index in [0.717, 1.165) is 0 Å². The summed E-state index contributed by atoms with van der Waals surface area (Å²) in [6.45, 7) is -0.677. The second kappa shape index (κ2) is 10.7. The average Bonchev–Trinajstić information content (AvgIpc) is 3.08. The zero-order chi connectivity index (χ0) is 18.8. The van der Waals surface area contributed by atoms with Gasteiger partial charge in [-0.1, -0.05) is 0 Å². The first-order chi connectivity index (χ1) is 11.9. The first kappa shape index (κ1) is 20.9. The highest BCUT2D eigenvalue weighted by atomic mass is 32.2. The SMILES string of the molecule is CSCCC(NC(=O)C(CO)NC(=O)C(N)Cc1cnc[nH]1)C(=O)O. The number of nitrogens with zero attached hydrogens (tertiary/aromatic N) is 1. The van der Waals surface area contributed by atoms with E-state index in [1.807, 2.05) is 6.26 Å². The third kappa shape index (κ3) is 7.11. The number of hydrogen-bond donors (Lipinski definition) is 6. The Morgan fingerprint density at radius 1 is 1.32 bits per heavy atom. The molecule has 0 radical (unpaired) electrons.